The van der Waals surface area contributed by atoms with Gasteiger partial charge in [-0.15, -0.1) is 5.10 Å². The number of fused-ring (bicyclic) bond motifs is 1. The van der Waals surface area contributed by atoms with Crippen molar-refractivity contribution in [3.63, 3.8) is 0 Å². The summed E-state index contributed by atoms with van der Waals surface area (Å²) in [6, 6.07) is 14.0. The van der Waals surface area contributed by atoms with Gasteiger partial charge in [-0.05, 0) is 91.3 Å². The molecule has 10 nitrogen and oxygen atoms in total. The molecule has 2 atom stereocenters. The number of likely N-dealkylation sites (N-methyl/N-ethyl adjacent to an activating group) is 1. The van der Waals surface area contributed by atoms with Gasteiger partial charge in [0.05, 0.1) is 17.3 Å². The van der Waals surface area contributed by atoms with Crippen LogP contribution >= 0.6 is 0 Å². The van der Waals surface area contributed by atoms with Gasteiger partial charge in [-0.1, -0.05) is 24.3 Å². The van der Waals surface area contributed by atoms with Gasteiger partial charge in [0.15, 0.2) is 6.23 Å². The number of ether oxygens (including phenoxy) is 2. The summed E-state index contributed by atoms with van der Waals surface area (Å²) < 4.78 is 72.4. The standard InChI is InChI=1S/C40H44F4N6O4/c1-45-39(52)27-13-11-26(12-14-27)32(23-40(42,43)44)37(28-15-17-33-31(22-28)38(41)47-50(33)36-10-4-5-21-53-36)29-16-18-34(46-24-29)54-30-8-6-19-49(25-30)20-7-9-35(51)48(2)3/h7,9,11-18,22,24,30,36H,4-6,8,10,19-21,23,25H2,1-3H3,(H,45,52)/b9-7+,37-32-/t30-,36?/m1/s1. The van der Waals surface area contributed by atoms with E-state index in [1.54, 1.807) is 44.4 Å². The lowest BCUT2D eigenvalue weighted by molar-refractivity contribution is -0.124. The fourth-order valence-corrected chi connectivity index (χ4v) is 6.91. The molecule has 0 spiro atoms. The Morgan fingerprint density at radius 1 is 1.00 bits per heavy atom. The number of nitrogens with zero attached hydrogens (tertiary/aromatic N) is 5. The van der Waals surface area contributed by atoms with Crippen LogP contribution in [-0.2, 0) is 9.53 Å². The van der Waals surface area contributed by atoms with Gasteiger partial charge in [-0.2, -0.15) is 17.6 Å². The van der Waals surface area contributed by atoms with Crippen LogP contribution < -0.4 is 10.1 Å². The molecule has 2 aliphatic heterocycles. The van der Waals surface area contributed by atoms with Gasteiger partial charge in [0, 0.05) is 70.3 Å². The molecule has 0 aliphatic carbocycles. The zero-order valence-corrected chi connectivity index (χ0v) is 30.5. The smallest absolute Gasteiger partial charge is 0.393 e. The number of benzene rings is 2. The van der Waals surface area contributed by atoms with Gasteiger partial charge in [0.2, 0.25) is 17.7 Å². The lowest BCUT2D eigenvalue weighted by atomic mass is 9.87. The van der Waals surface area contributed by atoms with E-state index in [2.05, 4.69) is 20.3 Å². The Morgan fingerprint density at radius 2 is 1.74 bits per heavy atom. The van der Waals surface area contributed by atoms with Crippen molar-refractivity contribution in [1.29, 1.82) is 0 Å². The summed E-state index contributed by atoms with van der Waals surface area (Å²) in [7, 11) is 4.86. The summed E-state index contributed by atoms with van der Waals surface area (Å²) in [6.45, 7) is 2.58. The van der Waals surface area contributed by atoms with Gasteiger partial charge in [-0.3, -0.25) is 14.5 Å². The Balaban J connectivity index is 1.37. The third kappa shape index (κ3) is 9.34. The predicted octanol–water partition coefficient (Wildman–Crippen LogP) is 7.03. The fraction of sp³-hybridized carbons (Fsp3) is 0.400. The number of alkyl halides is 3. The van der Waals surface area contributed by atoms with E-state index in [4.69, 9.17) is 9.47 Å². The third-order valence-electron chi connectivity index (χ3n) is 9.62. The Morgan fingerprint density at radius 3 is 2.41 bits per heavy atom. The lowest BCUT2D eigenvalue weighted by Crippen LogP contribution is -2.41. The highest BCUT2D eigenvalue weighted by Gasteiger charge is 2.32. The van der Waals surface area contributed by atoms with Crippen molar-refractivity contribution in [3.8, 4) is 5.88 Å². The average molecular weight is 749 g/mol. The Bertz CT molecular complexity index is 2000. The largest absolute Gasteiger partial charge is 0.473 e. The van der Waals surface area contributed by atoms with Crippen molar-refractivity contribution in [2.24, 2.45) is 0 Å². The van der Waals surface area contributed by atoms with Gasteiger partial charge < -0.3 is 19.7 Å². The van der Waals surface area contributed by atoms with E-state index < -0.39 is 24.8 Å². The van der Waals surface area contributed by atoms with E-state index in [0.29, 0.717) is 48.6 Å². The van der Waals surface area contributed by atoms with Crippen LogP contribution in [0.15, 0.2) is 72.9 Å². The molecule has 286 valence electrons. The number of hydrogen-bond acceptors (Lipinski definition) is 7. The predicted molar refractivity (Wildman–Crippen MR) is 197 cm³/mol. The van der Waals surface area contributed by atoms with Crippen LogP contribution in [0.25, 0.3) is 22.0 Å². The van der Waals surface area contributed by atoms with Crippen molar-refractivity contribution in [1.82, 2.24) is 29.9 Å². The Kier molecular flexibility index (Phi) is 12.1. The second kappa shape index (κ2) is 16.9. The van der Waals surface area contributed by atoms with E-state index in [-0.39, 0.29) is 45.6 Å². The quantitative estimate of drug-likeness (QED) is 0.0999. The molecule has 2 amide bonds. The van der Waals surface area contributed by atoms with E-state index in [0.717, 1.165) is 32.2 Å². The molecule has 2 aliphatic rings. The molecule has 54 heavy (non-hydrogen) atoms. The zero-order valence-electron chi connectivity index (χ0n) is 30.5. The molecule has 4 heterocycles. The van der Waals surface area contributed by atoms with E-state index in [1.165, 1.54) is 53.2 Å². The third-order valence-corrected chi connectivity index (χ3v) is 9.62. The fourth-order valence-electron chi connectivity index (χ4n) is 6.91. The summed E-state index contributed by atoms with van der Waals surface area (Å²) in [5, 5.41) is 6.80. The number of amides is 2. The maximum atomic E-state index is 15.5. The molecule has 0 bridgehead atoms. The number of rotatable bonds is 11. The first-order valence-corrected chi connectivity index (χ1v) is 18.1. The first-order valence-electron chi connectivity index (χ1n) is 18.1. The topological polar surface area (TPSA) is 102 Å². The number of carbonyl (C=O) groups excluding carboxylic acids is 2. The molecule has 4 aromatic rings. The molecular formula is C40H44F4N6O4. The van der Waals surface area contributed by atoms with E-state index >= 15 is 4.39 Å². The van der Waals surface area contributed by atoms with E-state index in [1.807, 2.05) is 6.08 Å². The summed E-state index contributed by atoms with van der Waals surface area (Å²) in [5.41, 5.74) is 1.82. The second-order valence-corrected chi connectivity index (χ2v) is 13.8. The van der Waals surface area contributed by atoms with Crippen molar-refractivity contribution in [2.75, 3.05) is 47.4 Å². The molecule has 6 rings (SSSR count). The molecule has 2 aromatic heterocycles. The lowest BCUT2D eigenvalue weighted by Gasteiger charge is -2.31. The summed E-state index contributed by atoms with van der Waals surface area (Å²) in [4.78, 5) is 32.4. The highest BCUT2D eigenvalue weighted by molar-refractivity contribution is 6.01. The molecule has 2 aromatic carbocycles. The van der Waals surface area contributed by atoms with Crippen molar-refractivity contribution in [3.05, 3.63) is 101 Å². The molecule has 1 unspecified atom stereocenters. The number of likely N-dealkylation sites (tertiary alicyclic amines) is 1. The summed E-state index contributed by atoms with van der Waals surface area (Å²) >= 11 is 0. The SMILES string of the molecule is CNC(=O)c1ccc(/C(CC(F)(F)F)=C(\c2ccc(O[C@@H]3CCCN(C/C=C/C(=O)N(C)C)C3)nc2)c2ccc3c(c2)c(F)nn3C2CCCCO2)cc1. The monoisotopic (exact) mass is 748 g/mol. The number of piperidine rings is 1. The second-order valence-electron chi connectivity index (χ2n) is 13.8. The molecule has 0 radical (unpaired) electrons. The number of aromatic nitrogens is 3. The average Bonchev–Trinajstić information content (AvgIpc) is 3.50. The highest BCUT2D eigenvalue weighted by Crippen LogP contribution is 2.41. The maximum Gasteiger partial charge on any atom is 0.393 e. The first-order chi connectivity index (χ1) is 25.9. The summed E-state index contributed by atoms with van der Waals surface area (Å²) in [6.07, 6.45) is 2.44. The normalized spacial score (nSPS) is 18.8. The number of carbonyl (C=O) groups is 2. The molecular weight excluding hydrogens is 704 g/mol. The number of nitrogens with one attached hydrogen (secondary N) is 1. The van der Waals surface area contributed by atoms with Crippen LogP contribution in [0.2, 0.25) is 0 Å². The minimum absolute atomic E-state index is 0.0760. The van der Waals surface area contributed by atoms with Crippen molar-refractivity contribution >= 4 is 33.9 Å². The number of hydrogen-bond donors (Lipinski definition) is 1. The van der Waals surface area contributed by atoms with Gasteiger partial charge in [0.25, 0.3) is 5.91 Å². The van der Waals surface area contributed by atoms with Crippen LogP contribution in [0.3, 0.4) is 0 Å². The van der Waals surface area contributed by atoms with Gasteiger partial charge >= 0.3 is 6.18 Å². The van der Waals surface area contributed by atoms with Crippen LogP contribution in [0.5, 0.6) is 5.88 Å². The van der Waals surface area contributed by atoms with E-state index in [9.17, 15) is 22.8 Å². The van der Waals surface area contributed by atoms with Crippen molar-refractivity contribution < 1.29 is 36.6 Å². The van der Waals surface area contributed by atoms with Crippen LogP contribution in [0.1, 0.15) is 71.8 Å². The number of pyridine rings is 1. The minimum Gasteiger partial charge on any atom is -0.473 e. The maximum absolute atomic E-state index is 15.5. The van der Waals surface area contributed by atoms with Crippen LogP contribution in [0.4, 0.5) is 17.6 Å². The molecule has 2 saturated heterocycles. The minimum atomic E-state index is -4.61. The Labute approximate surface area is 311 Å². The molecule has 1 N–H and O–H groups in total. The Hall–Kier alpha value is -5.08. The van der Waals surface area contributed by atoms with Gasteiger partial charge in [-0.25, -0.2) is 9.67 Å². The number of halogens is 4. The first kappa shape index (κ1) is 38.6. The van der Waals surface area contributed by atoms with Gasteiger partial charge in [0.1, 0.15) is 6.10 Å². The number of allylic oxidation sites excluding steroid dienone is 1. The van der Waals surface area contributed by atoms with Crippen LogP contribution in [-0.4, -0.2) is 96.0 Å². The molecule has 0 saturated carbocycles. The molecule has 14 heteroatoms. The van der Waals surface area contributed by atoms with Crippen LogP contribution in [0, 0.1) is 5.95 Å². The van der Waals surface area contributed by atoms with Crippen molar-refractivity contribution in [2.45, 2.75) is 57.0 Å². The zero-order chi connectivity index (χ0) is 38.4. The summed E-state index contributed by atoms with van der Waals surface area (Å²) in [5.74, 6) is -0.910. The molecule has 2 fully saturated rings. The highest BCUT2D eigenvalue weighted by atomic mass is 19.4.